The number of esters is 1. The lowest BCUT2D eigenvalue weighted by atomic mass is 10.2. The van der Waals surface area contributed by atoms with Crippen molar-refractivity contribution in [3.8, 4) is 0 Å². The van der Waals surface area contributed by atoms with Gasteiger partial charge >= 0.3 is 5.97 Å². The summed E-state index contributed by atoms with van der Waals surface area (Å²) in [4.78, 5) is 16.5. The maximum absolute atomic E-state index is 11.8. The molecule has 1 N–H and O–H groups in total. The number of carbonyl (C=O) groups is 1. The van der Waals surface area contributed by atoms with Gasteiger partial charge in [0.15, 0.2) is 0 Å². The highest BCUT2D eigenvalue weighted by Crippen LogP contribution is 2.23. The van der Waals surface area contributed by atoms with Crippen LogP contribution in [0.3, 0.4) is 0 Å². The maximum atomic E-state index is 11.8. The van der Waals surface area contributed by atoms with E-state index in [1.54, 1.807) is 25.3 Å². The Hall–Kier alpha value is -2.18. The first kappa shape index (κ1) is 16.2. The van der Waals surface area contributed by atoms with Crippen LogP contribution in [0.25, 0.3) is 0 Å². The first-order chi connectivity index (χ1) is 10.6. The molecule has 0 saturated heterocycles. The van der Waals surface area contributed by atoms with Gasteiger partial charge in [-0.3, -0.25) is 5.43 Å². The van der Waals surface area contributed by atoms with E-state index in [0.717, 1.165) is 5.56 Å². The summed E-state index contributed by atoms with van der Waals surface area (Å²) in [6, 6.07) is 7.29. The molecule has 0 atom stereocenters. The second kappa shape index (κ2) is 7.72. The molecular formula is C15H14ClN3O2S. The minimum Gasteiger partial charge on any atom is -0.457 e. The molecule has 0 aliphatic rings. The molecule has 0 radical (unpaired) electrons. The highest BCUT2D eigenvalue weighted by molar-refractivity contribution is 7.17. The van der Waals surface area contributed by atoms with Gasteiger partial charge in [-0.05, 0) is 24.6 Å². The van der Waals surface area contributed by atoms with Gasteiger partial charge in [0.25, 0.3) is 0 Å². The Morgan fingerprint density at radius 2 is 2.41 bits per heavy atom. The van der Waals surface area contributed by atoms with Crippen molar-refractivity contribution in [1.29, 1.82) is 0 Å². The molecule has 0 unspecified atom stereocenters. The largest absolute Gasteiger partial charge is 0.457 e. The molecule has 0 aliphatic carbocycles. The standard InChI is InChI=1S/C15H14ClN3O2S/c1-3-7-21-14(20)13-10(2)18-15(22-13)19-17-9-11-5-4-6-12(16)8-11/h3-6,8-9H,1,7H2,2H3,(H,18,19)/b17-9-. The SMILES string of the molecule is C=CCOC(=O)c1sc(N/N=C\c2cccc(Cl)c2)nc1C. The van der Waals surface area contributed by atoms with Gasteiger partial charge in [-0.15, -0.1) is 0 Å². The average molecular weight is 336 g/mol. The summed E-state index contributed by atoms with van der Waals surface area (Å²) in [7, 11) is 0. The van der Waals surface area contributed by atoms with E-state index in [4.69, 9.17) is 16.3 Å². The van der Waals surface area contributed by atoms with E-state index in [1.807, 2.05) is 12.1 Å². The zero-order valence-corrected chi connectivity index (χ0v) is 13.4. The number of carbonyl (C=O) groups excluding carboxylic acids is 1. The Labute approximate surface area is 137 Å². The van der Waals surface area contributed by atoms with Crippen LogP contribution < -0.4 is 5.43 Å². The number of hydrazone groups is 1. The fraction of sp³-hybridized carbons (Fsp3) is 0.133. The summed E-state index contributed by atoms with van der Waals surface area (Å²) >= 11 is 7.08. The van der Waals surface area contributed by atoms with Crippen molar-refractivity contribution in [3.05, 3.63) is 58.1 Å². The van der Waals surface area contributed by atoms with Crippen molar-refractivity contribution in [2.45, 2.75) is 6.92 Å². The van der Waals surface area contributed by atoms with E-state index >= 15 is 0 Å². The topological polar surface area (TPSA) is 63.6 Å². The van der Waals surface area contributed by atoms with Crippen molar-refractivity contribution in [1.82, 2.24) is 4.98 Å². The molecule has 0 aliphatic heterocycles. The van der Waals surface area contributed by atoms with Crippen molar-refractivity contribution in [2.24, 2.45) is 5.10 Å². The van der Waals surface area contributed by atoms with Gasteiger partial charge in [0.05, 0.1) is 11.9 Å². The highest BCUT2D eigenvalue weighted by atomic mass is 35.5. The average Bonchev–Trinajstić information content (AvgIpc) is 2.86. The summed E-state index contributed by atoms with van der Waals surface area (Å²) in [5, 5.41) is 5.23. The Morgan fingerprint density at radius 1 is 1.59 bits per heavy atom. The molecule has 1 aromatic heterocycles. The van der Waals surface area contributed by atoms with Gasteiger partial charge in [0, 0.05) is 5.02 Å². The number of thiazole rings is 1. The lowest BCUT2D eigenvalue weighted by Crippen LogP contribution is -2.04. The van der Waals surface area contributed by atoms with E-state index in [0.29, 0.717) is 20.7 Å². The first-order valence-corrected chi connectivity index (χ1v) is 7.59. The van der Waals surface area contributed by atoms with Gasteiger partial charge in [0.2, 0.25) is 5.13 Å². The monoisotopic (exact) mass is 335 g/mol. The van der Waals surface area contributed by atoms with E-state index in [1.165, 1.54) is 17.4 Å². The number of halogens is 1. The fourth-order valence-electron chi connectivity index (χ4n) is 1.58. The van der Waals surface area contributed by atoms with Crippen LogP contribution in [0.5, 0.6) is 0 Å². The number of anilines is 1. The molecule has 0 saturated carbocycles. The van der Waals surface area contributed by atoms with Crippen molar-refractivity contribution >= 4 is 40.3 Å². The summed E-state index contributed by atoms with van der Waals surface area (Å²) < 4.78 is 4.99. The van der Waals surface area contributed by atoms with Gasteiger partial charge in [-0.25, -0.2) is 9.78 Å². The number of aromatic nitrogens is 1. The van der Waals surface area contributed by atoms with Crippen LogP contribution in [-0.4, -0.2) is 23.8 Å². The van der Waals surface area contributed by atoms with Crippen LogP contribution in [0.15, 0.2) is 42.0 Å². The van der Waals surface area contributed by atoms with E-state index < -0.39 is 5.97 Å². The molecule has 22 heavy (non-hydrogen) atoms. The number of ether oxygens (including phenoxy) is 1. The summed E-state index contributed by atoms with van der Waals surface area (Å²) in [5.41, 5.74) is 4.25. The second-order valence-corrected chi connectivity index (χ2v) is 5.68. The van der Waals surface area contributed by atoms with Crippen LogP contribution >= 0.6 is 22.9 Å². The smallest absolute Gasteiger partial charge is 0.350 e. The predicted molar refractivity (Wildman–Crippen MR) is 90.0 cm³/mol. The highest BCUT2D eigenvalue weighted by Gasteiger charge is 2.16. The molecule has 2 rings (SSSR count). The van der Waals surface area contributed by atoms with Crippen molar-refractivity contribution in [3.63, 3.8) is 0 Å². The predicted octanol–water partition coefficient (Wildman–Crippen LogP) is 3.89. The van der Waals surface area contributed by atoms with Gasteiger partial charge in [-0.2, -0.15) is 5.10 Å². The van der Waals surface area contributed by atoms with Crippen LogP contribution in [0.2, 0.25) is 5.02 Å². The Morgan fingerprint density at radius 3 is 3.14 bits per heavy atom. The van der Waals surface area contributed by atoms with E-state index in [2.05, 4.69) is 22.1 Å². The molecule has 0 fully saturated rings. The number of hydrogen-bond donors (Lipinski definition) is 1. The van der Waals surface area contributed by atoms with Crippen molar-refractivity contribution in [2.75, 3.05) is 12.0 Å². The third-order valence-corrected chi connectivity index (χ3v) is 3.81. The number of aryl methyl sites for hydroxylation is 1. The minimum absolute atomic E-state index is 0.172. The molecule has 0 spiro atoms. The number of benzene rings is 1. The Kier molecular flexibility index (Phi) is 5.68. The number of nitrogens with one attached hydrogen (secondary N) is 1. The quantitative estimate of drug-likeness (QED) is 0.376. The van der Waals surface area contributed by atoms with Gasteiger partial charge in [0.1, 0.15) is 11.5 Å². The summed E-state index contributed by atoms with van der Waals surface area (Å²) in [6.45, 7) is 5.41. The third kappa shape index (κ3) is 4.41. The molecule has 7 heteroatoms. The molecule has 1 heterocycles. The number of nitrogens with zero attached hydrogens (tertiary/aromatic N) is 2. The first-order valence-electron chi connectivity index (χ1n) is 6.40. The zero-order chi connectivity index (χ0) is 15.9. The third-order valence-electron chi connectivity index (χ3n) is 2.54. The normalized spacial score (nSPS) is 10.6. The van der Waals surface area contributed by atoms with Crippen molar-refractivity contribution < 1.29 is 9.53 Å². The fourth-order valence-corrected chi connectivity index (χ4v) is 2.59. The maximum Gasteiger partial charge on any atom is 0.350 e. The second-order valence-electron chi connectivity index (χ2n) is 4.25. The molecule has 1 aromatic carbocycles. The summed E-state index contributed by atoms with van der Waals surface area (Å²) in [6.07, 6.45) is 3.14. The summed E-state index contributed by atoms with van der Waals surface area (Å²) in [5.74, 6) is -0.415. The van der Waals surface area contributed by atoms with Crippen LogP contribution in [0.1, 0.15) is 20.9 Å². The Balaban J connectivity index is 2.02. The minimum atomic E-state index is -0.415. The van der Waals surface area contributed by atoms with E-state index in [9.17, 15) is 4.79 Å². The Bertz CT molecular complexity index is 713. The molecule has 0 amide bonds. The lowest BCUT2D eigenvalue weighted by molar-refractivity contribution is 0.0554. The zero-order valence-electron chi connectivity index (χ0n) is 11.9. The van der Waals surface area contributed by atoms with E-state index in [-0.39, 0.29) is 6.61 Å². The molecular weight excluding hydrogens is 322 g/mol. The lowest BCUT2D eigenvalue weighted by Gasteiger charge is -1.98. The van der Waals surface area contributed by atoms with Gasteiger partial charge in [-0.1, -0.05) is 47.7 Å². The number of rotatable bonds is 6. The molecule has 114 valence electrons. The molecule has 0 bridgehead atoms. The number of hydrogen-bond acceptors (Lipinski definition) is 6. The van der Waals surface area contributed by atoms with Crippen LogP contribution in [0, 0.1) is 6.92 Å². The van der Waals surface area contributed by atoms with Crippen LogP contribution in [0.4, 0.5) is 5.13 Å². The molecule has 5 nitrogen and oxygen atoms in total. The van der Waals surface area contributed by atoms with Gasteiger partial charge < -0.3 is 4.74 Å². The molecule has 2 aromatic rings. The van der Waals surface area contributed by atoms with Crippen LogP contribution in [-0.2, 0) is 4.74 Å².